The van der Waals surface area contributed by atoms with E-state index in [1.54, 1.807) is 4.90 Å². The van der Waals surface area contributed by atoms with Crippen LogP contribution in [-0.2, 0) is 4.79 Å². The molecule has 1 aromatic rings. The number of carbonyl (C=O) groups excluding carboxylic acids is 1. The average Bonchev–Trinajstić information content (AvgIpc) is 2.92. The molecule has 0 spiro atoms. The molecule has 0 aromatic heterocycles. The van der Waals surface area contributed by atoms with Crippen LogP contribution in [0.5, 0.6) is 0 Å². The molecule has 0 radical (unpaired) electrons. The summed E-state index contributed by atoms with van der Waals surface area (Å²) in [5.74, 6) is -1.27. The number of urea groups is 1. The van der Waals surface area contributed by atoms with E-state index in [0.717, 1.165) is 24.5 Å². The molecule has 2 N–H and O–H groups in total. The zero-order valence-corrected chi connectivity index (χ0v) is 13.9. The number of nitrogens with zero attached hydrogens (tertiary/aromatic N) is 2. The lowest BCUT2D eigenvalue weighted by molar-refractivity contribution is -0.141. The maximum atomic E-state index is 12.3. The van der Waals surface area contributed by atoms with E-state index in [2.05, 4.69) is 16.3 Å². The molecule has 24 heavy (non-hydrogen) atoms. The van der Waals surface area contributed by atoms with Gasteiger partial charge in [-0.2, -0.15) is 0 Å². The van der Waals surface area contributed by atoms with Gasteiger partial charge in [0.25, 0.3) is 0 Å². The van der Waals surface area contributed by atoms with E-state index in [-0.39, 0.29) is 12.6 Å². The Hall–Kier alpha value is -2.24. The van der Waals surface area contributed by atoms with Crippen molar-refractivity contribution in [2.24, 2.45) is 5.92 Å². The van der Waals surface area contributed by atoms with Crippen molar-refractivity contribution in [2.75, 3.05) is 36.4 Å². The Bertz CT molecular complexity index is 597. The Morgan fingerprint density at radius 2 is 1.83 bits per heavy atom. The summed E-state index contributed by atoms with van der Waals surface area (Å²) in [5, 5.41) is 11.9. The van der Waals surface area contributed by atoms with Crippen LogP contribution in [0.25, 0.3) is 0 Å². The number of carboxylic acid groups (broad SMARTS) is 1. The Morgan fingerprint density at radius 1 is 1.08 bits per heavy atom. The first-order chi connectivity index (χ1) is 11.6. The van der Waals surface area contributed by atoms with E-state index in [1.807, 2.05) is 18.2 Å². The SMILES string of the molecule is O=C(O)C1CCN(C(=O)Nc2cccc(N3CCCCCC3)c2)C1. The normalized spacial score (nSPS) is 21.4. The second kappa shape index (κ2) is 7.55. The molecular formula is C18H25N3O3. The van der Waals surface area contributed by atoms with E-state index in [4.69, 9.17) is 5.11 Å². The van der Waals surface area contributed by atoms with Gasteiger partial charge in [0, 0.05) is 37.6 Å². The maximum absolute atomic E-state index is 12.3. The van der Waals surface area contributed by atoms with Crippen molar-refractivity contribution in [3.05, 3.63) is 24.3 Å². The van der Waals surface area contributed by atoms with Crippen LogP contribution in [-0.4, -0.2) is 48.2 Å². The van der Waals surface area contributed by atoms with Gasteiger partial charge in [-0.1, -0.05) is 18.9 Å². The van der Waals surface area contributed by atoms with Gasteiger partial charge < -0.3 is 20.2 Å². The smallest absolute Gasteiger partial charge is 0.321 e. The third-order valence-electron chi connectivity index (χ3n) is 4.89. The first-order valence-corrected chi connectivity index (χ1v) is 8.77. The molecule has 1 unspecified atom stereocenters. The standard InChI is InChI=1S/C18H25N3O3/c22-17(23)14-8-11-21(13-14)18(24)19-15-6-5-7-16(12-15)20-9-3-1-2-4-10-20/h5-7,12,14H,1-4,8-11,13H2,(H,19,24)(H,22,23). The van der Waals surface area contributed by atoms with Crippen molar-refractivity contribution in [1.82, 2.24) is 4.90 Å². The van der Waals surface area contributed by atoms with E-state index in [1.165, 1.54) is 25.7 Å². The number of hydrogen-bond acceptors (Lipinski definition) is 3. The molecule has 6 heteroatoms. The minimum atomic E-state index is -0.825. The van der Waals surface area contributed by atoms with Crippen LogP contribution < -0.4 is 10.2 Å². The molecule has 2 heterocycles. The van der Waals surface area contributed by atoms with Crippen molar-refractivity contribution >= 4 is 23.4 Å². The third kappa shape index (κ3) is 3.99. The molecule has 6 nitrogen and oxygen atoms in total. The van der Waals surface area contributed by atoms with Crippen LogP contribution in [0.2, 0.25) is 0 Å². The van der Waals surface area contributed by atoms with E-state index < -0.39 is 11.9 Å². The van der Waals surface area contributed by atoms with Crippen LogP contribution in [0.3, 0.4) is 0 Å². The number of aliphatic carboxylic acids is 1. The van der Waals surface area contributed by atoms with Gasteiger partial charge in [-0.05, 0) is 37.5 Å². The lowest BCUT2D eigenvalue weighted by Crippen LogP contribution is -2.33. The van der Waals surface area contributed by atoms with E-state index >= 15 is 0 Å². The molecule has 130 valence electrons. The highest BCUT2D eigenvalue weighted by atomic mass is 16.4. The zero-order chi connectivity index (χ0) is 16.9. The van der Waals surface area contributed by atoms with Gasteiger partial charge in [0.15, 0.2) is 0 Å². The largest absolute Gasteiger partial charge is 0.481 e. The van der Waals surface area contributed by atoms with Crippen LogP contribution in [0.1, 0.15) is 32.1 Å². The Balaban J connectivity index is 1.62. The van der Waals surface area contributed by atoms with Gasteiger partial charge in [-0.15, -0.1) is 0 Å². The highest BCUT2D eigenvalue weighted by molar-refractivity contribution is 5.90. The molecule has 1 atom stereocenters. The summed E-state index contributed by atoms with van der Waals surface area (Å²) in [6.45, 7) is 2.90. The number of anilines is 2. The fraction of sp³-hybridized carbons (Fsp3) is 0.556. The summed E-state index contributed by atoms with van der Waals surface area (Å²) in [6, 6.07) is 7.71. The van der Waals surface area contributed by atoms with Crippen LogP contribution >= 0.6 is 0 Å². The van der Waals surface area contributed by atoms with Crippen molar-refractivity contribution < 1.29 is 14.7 Å². The quantitative estimate of drug-likeness (QED) is 0.893. The first-order valence-electron chi connectivity index (χ1n) is 8.77. The molecule has 0 saturated carbocycles. The summed E-state index contributed by atoms with van der Waals surface area (Å²) in [6.07, 6.45) is 5.51. The predicted molar refractivity (Wildman–Crippen MR) is 93.5 cm³/mol. The van der Waals surface area contributed by atoms with Gasteiger partial charge in [0.2, 0.25) is 0 Å². The van der Waals surface area contributed by atoms with Gasteiger partial charge in [-0.25, -0.2) is 4.79 Å². The van der Waals surface area contributed by atoms with Crippen LogP contribution in [0.4, 0.5) is 16.2 Å². The zero-order valence-electron chi connectivity index (χ0n) is 13.9. The van der Waals surface area contributed by atoms with Crippen molar-refractivity contribution in [3.8, 4) is 0 Å². The molecule has 1 aromatic carbocycles. The number of likely N-dealkylation sites (tertiary alicyclic amines) is 1. The number of nitrogens with one attached hydrogen (secondary N) is 1. The second-order valence-electron chi connectivity index (χ2n) is 6.65. The minimum Gasteiger partial charge on any atom is -0.481 e. The number of hydrogen-bond donors (Lipinski definition) is 2. The summed E-state index contributed by atoms with van der Waals surface area (Å²) >= 11 is 0. The maximum Gasteiger partial charge on any atom is 0.321 e. The van der Waals surface area contributed by atoms with Gasteiger partial charge in [0.05, 0.1) is 5.92 Å². The number of carbonyl (C=O) groups is 2. The Kier molecular flexibility index (Phi) is 5.23. The molecule has 0 aliphatic carbocycles. The second-order valence-corrected chi connectivity index (χ2v) is 6.65. The highest BCUT2D eigenvalue weighted by Gasteiger charge is 2.30. The first kappa shape index (κ1) is 16.6. The van der Waals surface area contributed by atoms with Crippen LogP contribution in [0.15, 0.2) is 24.3 Å². The topological polar surface area (TPSA) is 72.9 Å². The number of rotatable bonds is 3. The number of benzene rings is 1. The lowest BCUT2D eigenvalue weighted by Gasteiger charge is -2.23. The van der Waals surface area contributed by atoms with E-state index in [0.29, 0.717) is 13.0 Å². The number of carboxylic acids is 1. The summed E-state index contributed by atoms with van der Waals surface area (Å²) < 4.78 is 0. The monoisotopic (exact) mass is 331 g/mol. The molecule has 2 aliphatic rings. The average molecular weight is 331 g/mol. The fourth-order valence-electron chi connectivity index (χ4n) is 3.46. The molecule has 2 saturated heterocycles. The Morgan fingerprint density at radius 3 is 2.50 bits per heavy atom. The Labute approximate surface area is 142 Å². The summed E-state index contributed by atoms with van der Waals surface area (Å²) in [5.41, 5.74) is 1.90. The van der Waals surface area contributed by atoms with Crippen LogP contribution in [0, 0.1) is 5.92 Å². The van der Waals surface area contributed by atoms with Crippen molar-refractivity contribution in [2.45, 2.75) is 32.1 Å². The highest BCUT2D eigenvalue weighted by Crippen LogP contribution is 2.24. The predicted octanol–water partition coefficient (Wildman–Crippen LogP) is 3.01. The van der Waals surface area contributed by atoms with Gasteiger partial charge in [-0.3, -0.25) is 4.79 Å². The molecule has 0 bridgehead atoms. The van der Waals surface area contributed by atoms with E-state index in [9.17, 15) is 9.59 Å². The fourth-order valence-corrected chi connectivity index (χ4v) is 3.46. The summed E-state index contributed by atoms with van der Waals surface area (Å²) in [4.78, 5) is 27.3. The van der Waals surface area contributed by atoms with Crippen molar-refractivity contribution in [3.63, 3.8) is 0 Å². The third-order valence-corrected chi connectivity index (χ3v) is 4.89. The molecule has 2 fully saturated rings. The van der Waals surface area contributed by atoms with Crippen molar-refractivity contribution in [1.29, 1.82) is 0 Å². The minimum absolute atomic E-state index is 0.216. The molecule has 2 amide bonds. The molecular weight excluding hydrogens is 306 g/mol. The lowest BCUT2D eigenvalue weighted by atomic mass is 10.1. The van der Waals surface area contributed by atoms with Gasteiger partial charge in [0.1, 0.15) is 0 Å². The summed E-state index contributed by atoms with van der Waals surface area (Å²) in [7, 11) is 0. The molecule has 3 rings (SSSR count). The van der Waals surface area contributed by atoms with Gasteiger partial charge >= 0.3 is 12.0 Å². The number of amides is 2. The molecule has 2 aliphatic heterocycles.